The van der Waals surface area contributed by atoms with E-state index in [2.05, 4.69) is 22.2 Å². The molecule has 0 unspecified atom stereocenters. The van der Waals surface area contributed by atoms with E-state index in [1.165, 1.54) is 37.3 Å². The molecular formula is C15H21NO3S. The first-order valence-corrected chi connectivity index (χ1v) is 7.92. The van der Waals surface area contributed by atoms with Crippen LogP contribution in [0.15, 0.2) is 18.2 Å². The van der Waals surface area contributed by atoms with E-state index in [1.54, 1.807) is 7.11 Å². The van der Waals surface area contributed by atoms with Crippen LogP contribution in [0.2, 0.25) is 0 Å². The number of rotatable bonds is 8. The summed E-state index contributed by atoms with van der Waals surface area (Å²) in [5.74, 6) is 1.79. The van der Waals surface area contributed by atoms with Crippen molar-refractivity contribution in [2.75, 3.05) is 20.0 Å². The number of carbonyl (C=O) groups excluding carboxylic acids is 1. The molecule has 1 fully saturated rings. The standard InChI is InChI=1S/C15H21NO3S/c1-18-14-6-3-11(8-16-13-4-5-13)7-12(14)9-20-10-15(17)19-2/h3,6-7,13,16H,4-5,8-10H2,1-2H3. The van der Waals surface area contributed by atoms with Crippen molar-refractivity contribution in [3.63, 3.8) is 0 Å². The Morgan fingerprint density at radius 3 is 2.85 bits per heavy atom. The molecule has 1 N–H and O–H groups in total. The predicted octanol–water partition coefficient (Wildman–Crippen LogP) is 2.35. The molecule has 1 aromatic rings. The summed E-state index contributed by atoms with van der Waals surface area (Å²) >= 11 is 1.54. The van der Waals surface area contributed by atoms with Crippen molar-refractivity contribution in [1.29, 1.82) is 0 Å². The van der Waals surface area contributed by atoms with Crippen LogP contribution in [-0.2, 0) is 21.8 Å². The Balaban J connectivity index is 1.92. The van der Waals surface area contributed by atoms with Crippen molar-refractivity contribution in [1.82, 2.24) is 5.32 Å². The minimum absolute atomic E-state index is 0.194. The smallest absolute Gasteiger partial charge is 0.315 e. The molecular weight excluding hydrogens is 274 g/mol. The van der Waals surface area contributed by atoms with Crippen LogP contribution in [0.1, 0.15) is 24.0 Å². The molecule has 0 saturated heterocycles. The Hall–Kier alpha value is -1.20. The summed E-state index contributed by atoms with van der Waals surface area (Å²) in [4.78, 5) is 11.1. The van der Waals surface area contributed by atoms with E-state index >= 15 is 0 Å². The molecule has 1 saturated carbocycles. The van der Waals surface area contributed by atoms with Gasteiger partial charge in [-0.25, -0.2) is 0 Å². The van der Waals surface area contributed by atoms with Crippen LogP contribution in [0.3, 0.4) is 0 Å². The maximum atomic E-state index is 11.1. The first kappa shape index (κ1) is 15.2. The second kappa shape index (κ2) is 7.55. The molecule has 2 rings (SSSR count). The summed E-state index contributed by atoms with van der Waals surface area (Å²) in [6.45, 7) is 0.892. The summed E-state index contributed by atoms with van der Waals surface area (Å²) in [6, 6.07) is 6.94. The lowest BCUT2D eigenvalue weighted by molar-refractivity contribution is -0.137. The van der Waals surface area contributed by atoms with Crippen LogP contribution in [-0.4, -0.2) is 32.0 Å². The van der Waals surface area contributed by atoms with Gasteiger partial charge in [-0.1, -0.05) is 6.07 Å². The van der Waals surface area contributed by atoms with Crippen molar-refractivity contribution >= 4 is 17.7 Å². The maximum absolute atomic E-state index is 11.1. The number of esters is 1. The van der Waals surface area contributed by atoms with E-state index in [4.69, 9.17) is 4.74 Å². The molecule has 1 aliphatic carbocycles. The molecule has 0 aliphatic heterocycles. The lowest BCUT2D eigenvalue weighted by Crippen LogP contribution is -2.15. The van der Waals surface area contributed by atoms with Crippen molar-refractivity contribution in [2.45, 2.75) is 31.2 Å². The zero-order chi connectivity index (χ0) is 14.4. The third-order valence-electron chi connectivity index (χ3n) is 3.22. The molecule has 5 heteroatoms. The van der Waals surface area contributed by atoms with Gasteiger partial charge in [-0.05, 0) is 30.5 Å². The normalized spacial score (nSPS) is 14.1. The lowest BCUT2D eigenvalue weighted by Gasteiger charge is -2.11. The Kier molecular flexibility index (Phi) is 5.73. The van der Waals surface area contributed by atoms with Gasteiger partial charge in [-0.3, -0.25) is 4.79 Å². The van der Waals surface area contributed by atoms with E-state index in [1.807, 2.05) is 6.07 Å². The first-order valence-electron chi connectivity index (χ1n) is 6.76. The molecule has 110 valence electrons. The summed E-state index contributed by atoms with van der Waals surface area (Å²) in [7, 11) is 3.08. The molecule has 0 bridgehead atoms. The molecule has 4 nitrogen and oxygen atoms in total. The van der Waals surface area contributed by atoms with Crippen LogP contribution in [0.4, 0.5) is 0 Å². The number of hydrogen-bond donors (Lipinski definition) is 1. The molecule has 0 atom stereocenters. The maximum Gasteiger partial charge on any atom is 0.315 e. The van der Waals surface area contributed by atoms with Crippen LogP contribution in [0, 0.1) is 0 Å². The topological polar surface area (TPSA) is 47.6 Å². The second-order valence-corrected chi connectivity index (χ2v) is 5.86. The Bertz CT molecular complexity index is 460. The number of methoxy groups -OCH3 is 2. The number of carbonyl (C=O) groups is 1. The van der Waals surface area contributed by atoms with Crippen molar-refractivity contribution in [3.05, 3.63) is 29.3 Å². The summed E-state index contributed by atoms with van der Waals surface area (Å²) in [5, 5.41) is 3.50. The molecule has 0 radical (unpaired) electrons. The molecule has 1 aromatic carbocycles. The van der Waals surface area contributed by atoms with Crippen LogP contribution < -0.4 is 10.1 Å². The molecule has 0 aromatic heterocycles. The van der Waals surface area contributed by atoms with Gasteiger partial charge in [0.1, 0.15) is 5.75 Å². The number of hydrogen-bond acceptors (Lipinski definition) is 5. The zero-order valence-corrected chi connectivity index (χ0v) is 12.8. The van der Waals surface area contributed by atoms with Gasteiger partial charge in [0.05, 0.1) is 20.0 Å². The Morgan fingerprint density at radius 1 is 1.40 bits per heavy atom. The van der Waals surface area contributed by atoms with E-state index in [-0.39, 0.29) is 5.97 Å². The van der Waals surface area contributed by atoms with E-state index < -0.39 is 0 Å². The molecule has 20 heavy (non-hydrogen) atoms. The molecule has 0 amide bonds. The van der Waals surface area contributed by atoms with Gasteiger partial charge in [0.15, 0.2) is 0 Å². The highest BCUT2D eigenvalue weighted by atomic mass is 32.2. The zero-order valence-electron chi connectivity index (χ0n) is 12.0. The van der Waals surface area contributed by atoms with Crippen molar-refractivity contribution in [2.24, 2.45) is 0 Å². The van der Waals surface area contributed by atoms with Gasteiger partial charge >= 0.3 is 5.97 Å². The monoisotopic (exact) mass is 295 g/mol. The largest absolute Gasteiger partial charge is 0.496 e. The highest BCUT2D eigenvalue weighted by molar-refractivity contribution is 7.99. The molecule has 0 spiro atoms. The number of nitrogens with one attached hydrogen (secondary N) is 1. The lowest BCUT2D eigenvalue weighted by atomic mass is 10.1. The van der Waals surface area contributed by atoms with Crippen LogP contribution in [0.5, 0.6) is 5.75 Å². The summed E-state index contributed by atoms with van der Waals surface area (Å²) in [5.41, 5.74) is 2.38. The van der Waals surface area contributed by atoms with E-state index in [0.717, 1.165) is 23.6 Å². The fraction of sp³-hybridized carbons (Fsp3) is 0.533. The van der Waals surface area contributed by atoms with Crippen LogP contribution >= 0.6 is 11.8 Å². The first-order chi connectivity index (χ1) is 9.72. The van der Waals surface area contributed by atoms with E-state index in [0.29, 0.717) is 11.8 Å². The summed E-state index contributed by atoms with van der Waals surface area (Å²) in [6.07, 6.45) is 2.58. The average Bonchev–Trinajstić information content (AvgIpc) is 3.29. The SMILES string of the molecule is COC(=O)CSCc1cc(CNC2CC2)ccc1OC. The van der Waals surface area contributed by atoms with Gasteiger partial charge in [0.2, 0.25) is 0 Å². The number of ether oxygens (including phenoxy) is 2. The fourth-order valence-corrected chi connectivity index (χ4v) is 2.74. The second-order valence-electron chi connectivity index (χ2n) is 4.87. The minimum atomic E-state index is -0.194. The van der Waals surface area contributed by atoms with Gasteiger partial charge in [-0.2, -0.15) is 0 Å². The number of benzene rings is 1. The molecule has 1 aliphatic rings. The van der Waals surface area contributed by atoms with Gasteiger partial charge in [0.25, 0.3) is 0 Å². The highest BCUT2D eigenvalue weighted by Crippen LogP contribution is 2.25. The highest BCUT2D eigenvalue weighted by Gasteiger charge is 2.20. The van der Waals surface area contributed by atoms with Gasteiger partial charge in [0, 0.05) is 23.9 Å². The number of thioether (sulfide) groups is 1. The minimum Gasteiger partial charge on any atom is -0.496 e. The summed E-state index contributed by atoms with van der Waals surface area (Å²) < 4.78 is 10.0. The predicted molar refractivity (Wildman–Crippen MR) is 81.0 cm³/mol. The van der Waals surface area contributed by atoms with Gasteiger partial charge < -0.3 is 14.8 Å². The third kappa shape index (κ3) is 4.72. The van der Waals surface area contributed by atoms with Crippen LogP contribution in [0.25, 0.3) is 0 Å². The molecule has 0 heterocycles. The third-order valence-corrected chi connectivity index (χ3v) is 4.18. The van der Waals surface area contributed by atoms with E-state index in [9.17, 15) is 4.79 Å². The van der Waals surface area contributed by atoms with Gasteiger partial charge in [-0.15, -0.1) is 11.8 Å². The Morgan fingerprint density at radius 2 is 2.20 bits per heavy atom. The quantitative estimate of drug-likeness (QED) is 0.746. The van der Waals surface area contributed by atoms with Crippen molar-refractivity contribution < 1.29 is 14.3 Å². The average molecular weight is 295 g/mol. The van der Waals surface area contributed by atoms with Crippen molar-refractivity contribution in [3.8, 4) is 5.75 Å². The fourth-order valence-electron chi connectivity index (χ4n) is 1.91. The Labute approximate surface area is 124 Å².